The first kappa shape index (κ1) is 15.6. The molecule has 0 aliphatic carbocycles. The van der Waals surface area contributed by atoms with Crippen molar-refractivity contribution in [2.45, 2.75) is 39.8 Å². The van der Waals surface area contributed by atoms with Gasteiger partial charge in [0.15, 0.2) is 0 Å². The molecule has 1 fully saturated rings. The van der Waals surface area contributed by atoms with Crippen molar-refractivity contribution in [3.8, 4) is 0 Å². The third-order valence-corrected chi connectivity index (χ3v) is 4.84. The van der Waals surface area contributed by atoms with Crippen molar-refractivity contribution < 1.29 is 0 Å². The average molecular weight is 293 g/mol. The largest absolute Gasteiger partial charge is 0.356 e. The second-order valence-electron chi connectivity index (χ2n) is 6.13. The summed E-state index contributed by atoms with van der Waals surface area (Å²) in [6, 6.07) is 5.07. The van der Waals surface area contributed by atoms with Crippen LogP contribution in [0.5, 0.6) is 0 Å². The maximum absolute atomic E-state index is 4.71. The van der Waals surface area contributed by atoms with Crippen LogP contribution in [-0.2, 0) is 6.54 Å². The summed E-state index contributed by atoms with van der Waals surface area (Å²) in [5, 5.41) is 3.51. The fourth-order valence-corrected chi connectivity index (χ4v) is 3.79. The van der Waals surface area contributed by atoms with Crippen molar-refractivity contribution in [2.24, 2.45) is 5.92 Å². The number of aromatic nitrogens is 1. The summed E-state index contributed by atoms with van der Waals surface area (Å²) >= 11 is 2.05. The lowest BCUT2D eigenvalue weighted by Gasteiger charge is -2.25. The Balaban J connectivity index is 2.03. The SMILES string of the molecule is Cc1cc(CNCC(C)C)cc(N(C)C2CCSC2)n1. The maximum atomic E-state index is 4.71. The van der Waals surface area contributed by atoms with Crippen molar-refractivity contribution >= 4 is 17.6 Å². The van der Waals surface area contributed by atoms with Crippen LogP contribution < -0.4 is 10.2 Å². The highest BCUT2D eigenvalue weighted by atomic mass is 32.2. The van der Waals surface area contributed by atoms with Crippen molar-refractivity contribution in [2.75, 3.05) is 30.0 Å². The van der Waals surface area contributed by atoms with Crippen molar-refractivity contribution in [1.29, 1.82) is 0 Å². The summed E-state index contributed by atoms with van der Waals surface area (Å²) in [6.07, 6.45) is 1.28. The molecule has 0 amide bonds. The molecule has 1 unspecified atom stereocenters. The highest BCUT2D eigenvalue weighted by molar-refractivity contribution is 7.99. The summed E-state index contributed by atoms with van der Waals surface area (Å²) < 4.78 is 0. The molecule has 0 saturated carbocycles. The Bertz CT molecular complexity index is 428. The zero-order valence-corrected chi connectivity index (χ0v) is 14.0. The first-order valence-corrected chi connectivity index (χ1v) is 8.70. The van der Waals surface area contributed by atoms with E-state index in [9.17, 15) is 0 Å². The molecule has 1 aromatic rings. The summed E-state index contributed by atoms with van der Waals surface area (Å²) in [7, 11) is 2.18. The number of pyridine rings is 1. The Morgan fingerprint density at radius 2 is 2.25 bits per heavy atom. The predicted molar refractivity (Wildman–Crippen MR) is 89.7 cm³/mol. The number of aryl methyl sites for hydroxylation is 1. The smallest absolute Gasteiger partial charge is 0.129 e. The van der Waals surface area contributed by atoms with E-state index in [0.29, 0.717) is 12.0 Å². The van der Waals surface area contributed by atoms with Crippen LogP contribution in [0.3, 0.4) is 0 Å². The molecule has 0 aromatic carbocycles. The van der Waals surface area contributed by atoms with Crippen LogP contribution in [0.15, 0.2) is 12.1 Å². The monoisotopic (exact) mass is 293 g/mol. The van der Waals surface area contributed by atoms with E-state index in [0.717, 1.165) is 24.6 Å². The Hall–Kier alpha value is -0.740. The summed E-state index contributed by atoms with van der Waals surface area (Å²) in [5.74, 6) is 4.32. The van der Waals surface area contributed by atoms with Crippen molar-refractivity contribution in [1.82, 2.24) is 10.3 Å². The predicted octanol–water partition coefficient (Wildman–Crippen LogP) is 3.08. The molecule has 1 aliphatic rings. The third kappa shape index (κ3) is 4.38. The summed E-state index contributed by atoms with van der Waals surface area (Å²) in [6.45, 7) is 8.56. The van der Waals surface area contributed by atoms with Crippen LogP contribution in [-0.4, -0.2) is 36.1 Å². The highest BCUT2D eigenvalue weighted by Crippen LogP contribution is 2.25. The van der Waals surface area contributed by atoms with Crippen LogP contribution >= 0.6 is 11.8 Å². The average Bonchev–Trinajstić information content (AvgIpc) is 2.90. The van der Waals surface area contributed by atoms with Crippen LogP contribution in [0.2, 0.25) is 0 Å². The second-order valence-corrected chi connectivity index (χ2v) is 7.28. The zero-order chi connectivity index (χ0) is 14.5. The first-order valence-electron chi connectivity index (χ1n) is 7.55. The Kier molecular flexibility index (Phi) is 5.73. The molecule has 3 nitrogen and oxygen atoms in total. The minimum absolute atomic E-state index is 0.644. The fourth-order valence-electron chi connectivity index (χ4n) is 2.52. The van der Waals surface area contributed by atoms with Gasteiger partial charge in [0.2, 0.25) is 0 Å². The van der Waals surface area contributed by atoms with E-state index < -0.39 is 0 Å². The Morgan fingerprint density at radius 3 is 2.90 bits per heavy atom. The lowest BCUT2D eigenvalue weighted by atomic mass is 10.1. The van der Waals surface area contributed by atoms with Crippen LogP contribution in [0, 0.1) is 12.8 Å². The molecule has 20 heavy (non-hydrogen) atoms. The molecule has 1 aliphatic heterocycles. The molecule has 0 bridgehead atoms. The number of nitrogens with zero attached hydrogens (tertiary/aromatic N) is 2. The van der Waals surface area contributed by atoms with Crippen LogP contribution in [0.1, 0.15) is 31.5 Å². The van der Waals surface area contributed by atoms with Crippen LogP contribution in [0.25, 0.3) is 0 Å². The van der Waals surface area contributed by atoms with E-state index in [-0.39, 0.29) is 0 Å². The summed E-state index contributed by atoms with van der Waals surface area (Å²) in [5.41, 5.74) is 2.45. The van der Waals surface area contributed by atoms with Gasteiger partial charge in [-0.2, -0.15) is 11.8 Å². The van der Waals surface area contributed by atoms with E-state index >= 15 is 0 Å². The van der Waals surface area contributed by atoms with E-state index in [2.05, 4.69) is 50.2 Å². The normalized spacial score (nSPS) is 18.8. The molecular formula is C16H27N3S. The number of rotatable bonds is 6. The van der Waals surface area contributed by atoms with Gasteiger partial charge in [-0.15, -0.1) is 0 Å². The molecule has 1 saturated heterocycles. The molecule has 0 spiro atoms. The molecule has 112 valence electrons. The van der Waals surface area contributed by atoms with Gasteiger partial charge in [0.1, 0.15) is 5.82 Å². The molecule has 2 heterocycles. The van der Waals surface area contributed by atoms with Gasteiger partial charge in [0.25, 0.3) is 0 Å². The Labute approximate surface area is 127 Å². The van der Waals surface area contributed by atoms with Gasteiger partial charge in [-0.25, -0.2) is 4.98 Å². The fraction of sp³-hybridized carbons (Fsp3) is 0.688. The lowest BCUT2D eigenvalue weighted by molar-refractivity contribution is 0.552. The number of hydrogen-bond acceptors (Lipinski definition) is 4. The molecular weight excluding hydrogens is 266 g/mol. The third-order valence-electron chi connectivity index (χ3n) is 3.70. The van der Waals surface area contributed by atoms with Crippen molar-refractivity contribution in [3.63, 3.8) is 0 Å². The van der Waals surface area contributed by atoms with Gasteiger partial charge in [0, 0.05) is 31.1 Å². The first-order chi connectivity index (χ1) is 9.56. The minimum atomic E-state index is 0.644. The number of hydrogen-bond donors (Lipinski definition) is 1. The molecule has 0 radical (unpaired) electrons. The van der Waals surface area contributed by atoms with Gasteiger partial charge in [-0.05, 0) is 49.3 Å². The number of thioether (sulfide) groups is 1. The maximum Gasteiger partial charge on any atom is 0.129 e. The van der Waals surface area contributed by atoms with E-state index in [1.807, 2.05) is 11.8 Å². The zero-order valence-electron chi connectivity index (χ0n) is 13.1. The lowest BCUT2D eigenvalue weighted by Crippen LogP contribution is -2.32. The molecule has 4 heteroatoms. The standard InChI is InChI=1S/C16H27N3S/c1-12(2)9-17-10-14-7-13(3)18-16(8-14)19(4)15-5-6-20-11-15/h7-8,12,15,17H,5-6,9-11H2,1-4H3. The quantitative estimate of drug-likeness (QED) is 0.872. The minimum Gasteiger partial charge on any atom is -0.356 e. The van der Waals surface area contributed by atoms with Crippen LogP contribution in [0.4, 0.5) is 5.82 Å². The molecule has 1 atom stereocenters. The Morgan fingerprint density at radius 1 is 1.45 bits per heavy atom. The molecule has 2 rings (SSSR count). The summed E-state index contributed by atoms with van der Waals surface area (Å²) in [4.78, 5) is 7.07. The van der Waals surface area contributed by atoms with E-state index in [1.54, 1.807) is 0 Å². The van der Waals surface area contributed by atoms with Crippen molar-refractivity contribution in [3.05, 3.63) is 23.4 Å². The second kappa shape index (κ2) is 7.32. The highest BCUT2D eigenvalue weighted by Gasteiger charge is 2.21. The molecule has 1 aromatic heterocycles. The van der Waals surface area contributed by atoms with E-state index in [1.165, 1.54) is 23.5 Å². The van der Waals surface area contributed by atoms with Gasteiger partial charge in [-0.1, -0.05) is 13.8 Å². The molecule has 1 N–H and O–H groups in total. The van der Waals surface area contributed by atoms with Gasteiger partial charge >= 0.3 is 0 Å². The number of anilines is 1. The number of nitrogens with one attached hydrogen (secondary N) is 1. The van der Waals surface area contributed by atoms with Gasteiger partial charge in [0.05, 0.1) is 0 Å². The van der Waals surface area contributed by atoms with Gasteiger partial charge < -0.3 is 10.2 Å². The van der Waals surface area contributed by atoms with Gasteiger partial charge in [-0.3, -0.25) is 0 Å². The topological polar surface area (TPSA) is 28.2 Å². The van der Waals surface area contributed by atoms with E-state index in [4.69, 9.17) is 4.98 Å².